The Kier molecular flexibility index (Phi) is 218. The number of ether oxygens (including phenoxy) is 8. The number of hydroxylamine groups is 3. The zero-order valence-corrected chi connectivity index (χ0v) is 95.5. The largest absolute Gasteiger partial charge is 0.633 e. The van der Waals surface area contributed by atoms with Gasteiger partial charge in [-0.2, -0.15) is 16.8 Å². The number of hydrogen-bond acceptors (Lipinski definition) is 31. The maximum Gasteiger partial charge on any atom is 0.507 e. The molecule has 1 amide bonds. The third kappa shape index (κ3) is 348. The second-order valence-electron chi connectivity index (χ2n) is 30.9. The van der Waals surface area contributed by atoms with Crippen LogP contribution in [0.4, 0.5) is 4.79 Å². The number of nitrogens with one attached hydrogen (secondary N) is 1. The van der Waals surface area contributed by atoms with E-state index in [1.54, 1.807) is 126 Å². The number of nitrogens with zero attached hydrogens (tertiary/aromatic N) is 5. The zero-order valence-electron chi connectivity index (χ0n) is 93.1. The van der Waals surface area contributed by atoms with Gasteiger partial charge in [-0.3, -0.25) is 36.7 Å². The topological polar surface area (TPSA) is 458 Å². The van der Waals surface area contributed by atoms with Crippen LogP contribution >= 0.6 is 0 Å². The molecule has 0 radical (unpaired) electrons. The summed E-state index contributed by atoms with van der Waals surface area (Å²) >= 11 is 0. The van der Waals surface area contributed by atoms with Crippen LogP contribution in [0.5, 0.6) is 0 Å². The first kappa shape index (κ1) is 211. The minimum absolute atomic E-state index is 0. The fourth-order valence-electron chi connectivity index (χ4n) is 3.35. The Morgan fingerprint density at radius 3 is 0.678 bits per heavy atom. The van der Waals surface area contributed by atoms with Gasteiger partial charge in [-0.15, -0.1) is 26.3 Å². The molecule has 0 aliphatic carbocycles. The molecule has 4 aromatic rings. The summed E-state index contributed by atoms with van der Waals surface area (Å²) < 4.78 is 108. The lowest BCUT2D eigenvalue weighted by atomic mass is 10.1. The van der Waals surface area contributed by atoms with Gasteiger partial charge in [-0.25, -0.2) is 32.3 Å². The summed E-state index contributed by atoms with van der Waals surface area (Å²) in [6.07, 6.45) is 3.64. The number of rotatable bonds is 11. The fraction of sp³-hybridized carbons (Fsp3) is 0.619. The molecule has 4 aromatic carbocycles. The summed E-state index contributed by atoms with van der Waals surface area (Å²) in [7, 11) is 32.1. The highest BCUT2D eigenvalue weighted by atomic mass is 32.3. The number of Topliss-reactive ketones (excluding diaryl/α,β-unsaturated/α-hetero) is 3. The van der Waals surface area contributed by atoms with E-state index in [0.29, 0.717) is 27.8 Å². The number of esters is 4. The van der Waals surface area contributed by atoms with Crippen molar-refractivity contribution in [3.8, 4) is 0 Å². The Balaban J connectivity index is -0.0000000375. The SMILES string of the molecule is C.C.C.C.C.C.C.C.C=C.C=C.CC(=O)N(C)C.CC(=O)c1ccc(C(C)=O)cc1.CC(C)(C)N.CC(C)=C(C)C.CC(C)=O.CC(C)C.CC(C)O.CCC.CCCOC.CN(C)C.CN=C(C)C.CNS(C)(=O)=O.COC.COC(=O)OC.COC(=O)c1ccc(C(=O)OC)cc1.COC(=O)c1ccccc1.COC(C)=O.COS(=O)(=O)OC.COS(C)(=O)=O.C[N+](C)(C)C.C[N+](C)(C)[O-].c1ccccc1. The molecule has 0 bridgehead atoms. The van der Waals surface area contributed by atoms with Gasteiger partial charge in [0.1, 0.15) is 5.78 Å². The van der Waals surface area contributed by atoms with E-state index < -0.39 is 48.6 Å². The van der Waals surface area contributed by atoms with Crippen LogP contribution in [0.3, 0.4) is 0 Å². The number of benzene rings is 4. The van der Waals surface area contributed by atoms with Crippen LogP contribution in [-0.4, -0.2) is 323 Å². The monoisotopic (exact) mass is 2130 g/mol. The number of carbonyl (C=O) groups is 9. The predicted molar refractivity (Wildman–Crippen MR) is 615 cm³/mol. The van der Waals surface area contributed by atoms with Crippen LogP contribution in [-0.2, 0) is 95.4 Å². The highest BCUT2D eigenvalue weighted by Gasteiger charge is 2.09. The van der Waals surface area contributed by atoms with Crippen molar-refractivity contribution in [1.29, 1.82) is 0 Å². The van der Waals surface area contributed by atoms with E-state index in [1.165, 1.54) is 138 Å². The number of amides is 1. The van der Waals surface area contributed by atoms with E-state index in [0.717, 1.165) is 63.0 Å². The fourth-order valence-corrected chi connectivity index (χ4v) is 3.49. The van der Waals surface area contributed by atoms with Gasteiger partial charge in [-0.05, 0) is 181 Å². The maximum atomic E-state index is 11.0. The third-order valence-corrected chi connectivity index (χ3v) is 11.6. The molecule has 0 spiro atoms. The van der Waals surface area contributed by atoms with Gasteiger partial charge in [0.15, 0.2) is 11.6 Å². The molecule has 4 N–H and O–H groups in total. The molecule has 0 aromatic heterocycles. The summed E-state index contributed by atoms with van der Waals surface area (Å²) in [5.41, 5.74) is 12.0. The van der Waals surface area contributed by atoms with Crippen molar-refractivity contribution in [3.63, 3.8) is 0 Å². The summed E-state index contributed by atoms with van der Waals surface area (Å²) in [4.78, 5) is 101. The van der Waals surface area contributed by atoms with Crippen molar-refractivity contribution >= 4 is 89.5 Å². The lowest BCUT2D eigenvalue weighted by Crippen LogP contribution is -2.27. The molecule has 0 atom stereocenters. The smallest absolute Gasteiger partial charge is 0.507 e. The molecule has 143 heavy (non-hydrogen) atoms. The molecule has 0 saturated heterocycles. The van der Waals surface area contributed by atoms with Gasteiger partial charge in [0.2, 0.25) is 15.9 Å². The lowest BCUT2D eigenvalue weighted by Gasteiger charge is -2.27. The van der Waals surface area contributed by atoms with Crippen molar-refractivity contribution in [2.75, 3.05) is 203 Å². The van der Waals surface area contributed by atoms with Crippen LogP contribution in [0.2, 0.25) is 0 Å². The Morgan fingerprint density at radius 1 is 0.455 bits per heavy atom. The molecule has 0 saturated carbocycles. The van der Waals surface area contributed by atoms with Crippen LogP contribution in [0.1, 0.15) is 283 Å². The molecule has 0 heterocycles. The van der Waals surface area contributed by atoms with Gasteiger partial charge >= 0.3 is 40.4 Å². The average Bonchev–Trinajstić information content (AvgIpc) is 0.888. The molecular weight excluding hydrogens is 1900 g/mol. The molecule has 38 heteroatoms. The molecule has 4 rings (SSSR count). The van der Waals surface area contributed by atoms with Crippen molar-refractivity contribution < 1.29 is 133 Å². The van der Waals surface area contributed by atoms with Gasteiger partial charge in [0.25, 0.3) is 10.1 Å². The van der Waals surface area contributed by atoms with Crippen LogP contribution in [0.15, 0.2) is 158 Å². The molecule has 864 valence electrons. The van der Waals surface area contributed by atoms with Gasteiger partial charge in [-0.1, -0.05) is 197 Å². The van der Waals surface area contributed by atoms with E-state index in [-0.39, 0.29) is 111 Å². The van der Waals surface area contributed by atoms with Crippen LogP contribution in [0, 0.1) is 11.1 Å². The Labute approximate surface area is 880 Å². The molecular formula is C105H224N7O28S3+. The van der Waals surface area contributed by atoms with Crippen molar-refractivity contribution in [1.82, 2.24) is 14.5 Å². The Bertz CT molecular complexity index is 3480. The first-order valence-electron chi connectivity index (χ1n) is 41.3. The van der Waals surface area contributed by atoms with E-state index >= 15 is 0 Å². The minimum Gasteiger partial charge on any atom is -0.633 e. The normalized spacial score (nSPS) is 8.45. The number of aliphatic hydroxyl groups excluding tert-OH is 1. The van der Waals surface area contributed by atoms with Crippen LogP contribution in [0.25, 0.3) is 0 Å². The third-order valence-electron chi connectivity index (χ3n) is 9.47. The average molecular weight is 2130 g/mol. The predicted octanol–water partition coefficient (Wildman–Crippen LogP) is 22.4. The first-order valence-corrected chi connectivity index (χ1v) is 46.4. The van der Waals surface area contributed by atoms with Crippen molar-refractivity contribution in [2.24, 2.45) is 16.6 Å². The van der Waals surface area contributed by atoms with E-state index in [1.807, 2.05) is 103 Å². The molecule has 0 fully saturated rings. The second-order valence-corrected chi connectivity index (χ2v) is 36.1. The number of methoxy groups -OCH3 is 8. The number of aliphatic imine (C=N–C) groups is 1. The van der Waals surface area contributed by atoms with Gasteiger partial charge < -0.3 is 77.7 Å². The van der Waals surface area contributed by atoms with E-state index in [9.17, 15) is 73.6 Å². The lowest BCUT2D eigenvalue weighted by molar-refractivity contribution is -0.849. The van der Waals surface area contributed by atoms with Crippen molar-refractivity contribution in [2.45, 2.75) is 243 Å². The standard InChI is InChI=1S/C10H10O4.C10H10O2.C8H8O2.C6H6.C6H12.C4H9NO.C4H12N.C4H9N.C4H11N.C4H10O.C4H10.C3H9NO.C3H9N.C3H6O3.C3H6O2.C3H8O.C3H6O.C3H8.C2H7NO2S.C2H6O4S.C2H6O3S.C2H6O.2C2H4.8CH4/c1-13-9(11)7-3-5-8(6-4-7)10(12)14-2;1-7(11)9-3-5-10(6-4-9)8(2)12;1-10-8(9)7-5-3-2-4-6-7;1-2-4-6-5-3-1;1-5(2)6(3)4;1-4(6)5(2)3;1-5(2,3)4;1-4(2)5-3;1-4(2,3)5;1-3-4-5-2;1-4(2)3;1-4(2,3)5;1-4(2)3;1-5-3(4)6-2;1-3(4)5-2;2*1-3(2)4;1-3-2;1-3-6(2,4)5;1-5-7(3,4)6-2;1-5-6(2,3)4;1-3-2;2*1-2;;;;;;;;/h3-6H,1-2H3;3-6H,1-2H3;2-6H,1H3;1-6H;1-4H3;1-3H3;1-4H3;1-3H3;5H2,1-3H3;3-4H2,1-2H3;4H,1-3H3;1-3H3;1-3H3;1-2H3;1-2H3;3-4H,1-2H3;1-2H3;3H2,1-2H3;3H,1-2H3;1-2H3;1-2H3;1-2H3;2*1-2H2;8*1H4/q;;;;;;+1;;;;;;;;;;;;;;;;;;;;;;;;;. The van der Waals surface area contributed by atoms with Gasteiger partial charge in [0.05, 0.1) is 143 Å². The number of sulfonamides is 1. The van der Waals surface area contributed by atoms with E-state index in [2.05, 4.69) is 179 Å². The summed E-state index contributed by atoms with van der Waals surface area (Å²) in [6.45, 7) is 56.4. The minimum atomic E-state index is -3.66. The highest BCUT2D eigenvalue weighted by molar-refractivity contribution is 7.88. The molecule has 0 unspecified atom stereocenters. The molecule has 0 aliphatic rings. The highest BCUT2D eigenvalue weighted by Crippen LogP contribution is 2.08. The van der Waals surface area contributed by atoms with Gasteiger partial charge in [0, 0.05) is 91.4 Å². The number of hydrogen-bond donors (Lipinski definition) is 3. The van der Waals surface area contributed by atoms with E-state index in [4.69, 9.17) is 15.6 Å². The molecule has 35 nitrogen and oxygen atoms in total. The Hall–Kier alpha value is -9.23. The second kappa shape index (κ2) is 148. The number of aliphatic hydroxyl groups is 1. The number of nitrogens with two attached hydrogens (primary N) is 1. The summed E-state index contributed by atoms with van der Waals surface area (Å²) in [6, 6.07) is 33.6. The van der Waals surface area contributed by atoms with Crippen LogP contribution < -0.4 is 10.5 Å². The van der Waals surface area contributed by atoms with Crippen molar-refractivity contribution in [3.05, 3.63) is 186 Å². The first-order chi connectivity index (χ1) is 61.2. The number of ketones is 3. The maximum absolute atomic E-state index is 11.0. The number of allylic oxidation sites excluding steroid dienone is 2. The zero-order chi connectivity index (χ0) is 113. The number of carbonyl (C=O) groups excluding carboxylic acids is 9. The quantitative estimate of drug-likeness (QED) is 0.0183. The number of quaternary nitrogens is 2. The molecule has 0 aliphatic heterocycles. The summed E-state index contributed by atoms with van der Waals surface area (Å²) in [5, 5.41) is 18.1. The Morgan fingerprint density at radius 2 is 0.608 bits per heavy atom. The summed E-state index contributed by atoms with van der Waals surface area (Å²) in [5.74, 6) is -0.265.